The zero-order valence-electron chi connectivity index (χ0n) is 13.4. The minimum Gasteiger partial charge on any atom is -0.497 e. The van der Waals surface area contributed by atoms with Crippen molar-refractivity contribution in [3.05, 3.63) is 30.1 Å². The number of rotatable bonds is 5. The molecule has 0 atom stereocenters. The van der Waals surface area contributed by atoms with Crippen molar-refractivity contribution in [1.82, 2.24) is 15.0 Å². The highest BCUT2D eigenvalue weighted by atomic mass is 16.5. The van der Waals surface area contributed by atoms with Crippen LogP contribution >= 0.6 is 0 Å². The second-order valence-corrected chi connectivity index (χ2v) is 5.77. The van der Waals surface area contributed by atoms with Crippen LogP contribution < -0.4 is 20.7 Å². The summed E-state index contributed by atoms with van der Waals surface area (Å²) in [5, 5.41) is 3.17. The van der Waals surface area contributed by atoms with Gasteiger partial charge >= 0.3 is 0 Å². The van der Waals surface area contributed by atoms with Gasteiger partial charge in [-0.15, -0.1) is 0 Å². The molecular weight excluding hydrogens is 292 g/mol. The van der Waals surface area contributed by atoms with Crippen molar-refractivity contribution < 1.29 is 9.64 Å². The first kappa shape index (κ1) is 15.5. The summed E-state index contributed by atoms with van der Waals surface area (Å²) >= 11 is 0. The molecule has 1 aliphatic heterocycles. The van der Waals surface area contributed by atoms with Crippen LogP contribution in [0.3, 0.4) is 0 Å². The zero-order chi connectivity index (χ0) is 16.1. The Bertz CT molecular complexity index is 640. The van der Waals surface area contributed by atoms with Crippen molar-refractivity contribution in [2.24, 2.45) is 0 Å². The zero-order valence-corrected chi connectivity index (χ0v) is 13.4. The first-order valence-corrected chi connectivity index (χ1v) is 7.98. The van der Waals surface area contributed by atoms with Crippen molar-refractivity contribution in [3.8, 4) is 5.75 Å². The van der Waals surface area contributed by atoms with E-state index in [0.29, 0.717) is 5.95 Å². The Labute approximate surface area is 135 Å². The van der Waals surface area contributed by atoms with Gasteiger partial charge in [0, 0.05) is 5.69 Å². The van der Waals surface area contributed by atoms with E-state index in [4.69, 9.17) is 10.5 Å². The molecule has 7 nitrogen and oxygen atoms in total. The predicted octanol–water partition coefficient (Wildman–Crippen LogP) is 0.775. The lowest BCUT2D eigenvalue weighted by molar-refractivity contribution is -0.919. The third-order valence-corrected chi connectivity index (χ3v) is 4.01. The smallest absolute Gasteiger partial charge is 0.232 e. The molecule has 122 valence electrons. The maximum absolute atomic E-state index is 5.83. The second kappa shape index (κ2) is 7.23. The summed E-state index contributed by atoms with van der Waals surface area (Å²) in [6.07, 6.45) is 3.87. The van der Waals surface area contributed by atoms with Gasteiger partial charge in [-0.2, -0.15) is 15.0 Å². The van der Waals surface area contributed by atoms with E-state index in [1.54, 1.807) is 7.11 Å². The molecule has 4 N–H and O–H groups in total. The standard InChI is InChI=1S/C16H22N6O/c1-23-13-7-5-12(6-8-13)18-16-20-14(19-15(17)21-16)11-22-9-3-2-4-10-22/h5-8H,2-4,9-11H2,1H3,(H3,17,18,19,20,21)/p+1. The fourth-order valence-electron chi connectivity index (χ4n) is 2.83. The Balaban J connectivity index is 1.71. The molecule has 1 aromatic heterocycles. The number of nitrogens with one attached hydrogen (secondary N) is 2. The van der Waals surface area contributed by atoms with Gasteiger partial charge in [0.25, 0.3) is 0 Å². The van der Waals surface area contributed by atoms with Gasteiger partial charge in [0.15, 0.2) is 5.82 Å². The minimum atomic E-state index is 0.252. The summed E-state index contributed by atoms with van der Waals surface area (Å²) < 4.78 is 5.15. The van der Waals surface area contributed by atoms with E-state index >= 15 is 0 Å². The van der Waals surface area contributed by atoms with Crippen molar-refractivity contribution in [3.63, 3.8) is 0 Å². The van der Waals surface area contributed by atoms with Gasteiger partial charge in [-0.05, 0) is 43.5 Å². The molecular formula is C16H23N6O+. The van der Waals surface area contributed by atoms with Crippen molar-refractivity contribution >= 4 is 17.6 Å². The van der Waals surface area contributed by atoms with Crippen molar-refractivity contribution in [2.45, 2.75) is 25.8 Å². The van der Waals surface area contributed by atoms with Crippen LogP contribution in [-0.2, 0) is 6.54 Å². The van der Waals surface area contributed by atoms with Gasteiger partial charge in [-0.1, -0.05) is 0 Å². The molecule has 2 aromatic rings. The maximum Gasteiger partial charge on any atom is 0.232 e. The molecule has 1 fully saturated rings. The van der Waals surface area contributed by atoms with Gasteiger partial charge in [0.2, 0.25) is 11.9 Å². The number of quaternary nitrogens is 1. The number of nitrogens with zero attached hydrogens (tertiary/aromatic N) is 3. The van der Waals surface area contributed by atoms with E-state index in [2.05, 4.69) is 20.3 Å². The second-order valence-electron chi connectivity index (χ2n) is 5.77. The number of hydrogen-bond donors (Lipinski definition) is 3. The molecule has 0 amide bonds. The van der Waals surface area contributed by atoms with E-state index in [1.807, 2.05) is 24.3 Å². The maximum atomic E-state index is 5.83. The minimum absolute atomic E-state index is 0.252. The van der Waals surface area contributed by atoms with E-state index in [9.17, 15) is 0 Å². The molecule has 0 saturated carbocycles. The molecule has 1 aliphatic rings. The number of methoxy groups -OCH3 is 1. The van der Waals surface area contributed by atoms with Gasteiger partial charge in [-0.25, -0.2) is 0 Å². The molecule has 3 rings (SSSR count). The fraction of sp³-hybridized carbons (Fsp3) is 0.438. The fourth-order valence-corrected chi connectivity index (χ4v) is 2.83. The third kappa shape index (κ3) is 4.29. The highest BCUT2D eigenvalue weighted by Gasteiger charge is 2.16. The predicted molar refractivity (Wildman–Crippen MR) is 88.8 cm³/mol. The Hall–Kier alpha value is -2.41. The van der Waals surface area contributed by atoms with Crippen LogP contribution in [-0.4, -0.2) is 35.2 Å². The van der Waals surface area contributed by atoms with Crippen LogP contribution in [0.4, 0.5) is 17.6 Å². The molecule has 7 heteroatoms. The van der Waals surface area contributed by atoms with E-state index in [0.717, 1.165) is 23.8 Å². The van der Waals surface area contributed by atoms with E-state index in [1.165, 1.54) is 37.3 Å². The molecule has 0 radical (unpaired) electrons. The number of likely N-dealkylation sites (tertiary alicyclic amines) is 1. The summed E-state index contributed by atoms with van der Waals surface area (Å²) in [6, 6.07) is 7.58. The van der Waals surface area contributed by atoms with E-state index < -0.39 is 0 Å². The summed E-state index contributed by atoms with van der Waals surface area (Å²) in [6.45, 7) is 3.14. The van der Waals surface area contributed by atoms with Crippen LogP contribution in [0.25, 0.3) is 0 Å². The molecule has 0 unspecified atom stereocenters. The van der Waals surface area contributed by atoms with Crippen molar-refractivity contribution in [2.75, 3.05) is 31.2 Å². The number of nitrogen functional groups attached to an aromatic ring is 1. The average Bonchev–Trinajstić information content (AvgIpc) is 2.56. The molecule has 1 aromatic carbocycles. The topological polar surface area (TPSA) is 90.4 Å². The SMILES string of the molecule is COc1ccc(Nc2nc(N)nc(C[NH+]3CCCCC3)n2)cc1. The normalized spacial score (nSPS) is 15.3. The first-order valence-electron chi connectivity index (χ1n) is 7.98. The lowest BCUT2D eigenvalue weighted by Crippen LogP contribution is -3.11. The lowest BCUT2D eigenvalue weighted by Gasteiger charge is -2.22. The highest BCUT2D eigenvalue weighted by molar-refractivity contribution is 5.55. The largest absolute Gasteiger partial charge is 0.497 e. The Morgan fingerprint density at radius 3 is 2.52 bits per heavy atom. The number of piperidine rings is 1. The Kier molecular flexibility index (Phi) is 4.87. The van der Waals surface area contributed by atoms with Crippen molar-refractivity contribution in [1.29, 1.82) is 0 Å². The Morgan fingerprint density at radius 1 is 1.09 bits per heavy atom. The van der Waals surface area contributed by atoms with Crippen LogP contribution in [0.15, 0.2) is 24.3 Å². The summed E-state index contributed by atoms with van der Waals surface area (Å²) in [7, 11) is 1.64. The number of ether oxygens (including phenoxy) is 1. The number of nitrogens with two attached hydrogens (primary N) is 1. The molecule has 1 saturated heterocycles. The van der Waals surface area contributed by atoms with Crippen LogP contribution in [0.5, 0.6) is 5.75 Å². The van der Waals surface area contributed by atoms with Gasteiger partial charge in [0.05, 0.1) is 20.2 Å². The highest BCUT2D eigenvalue weighted by Crippen LogP contribution is 2.18. The number of benzene rings is 1. The van der Waals surface area contributed by atoms with Crippen LogP contribution in [0.2, 0.25) is 0 Å². The number of anilines is 3. The molecule has 0 aliphatic carbocycles. The van der Waals surface area contributed by atoms with Gasteiger partial charge < -0.3 is 20.7 Å². The van der Waals surface area contributed by atoms with E-state index in [-0.39, 0.29) is 5.95 Å². The number of hydrogen-bond acceptors (Lipinski definition) is 6. The third-order valence-electron chi connectivity index (χ3n) is 4.01. The average molecular weight is 315 g/mol. The summed E-state index contributed by atoms with van der Waals surface area (Å²) in [5.41, 5.74) is 6.71. The summed E-state index contributed by atoms with van der Waals surface area (Å²) in [4.78, 5) is 14.5. The number of aromatic nitrogens is 3. The first-order chi connectivity index (χ1) is 11.2. The summed E-state index contributed by atoms with van der Waals surface area (Å²) in [5.74, 6) is 2.28. The Morgan fingerprint density at radius 2 is 1.83 bits per heavy atom. The lowest BCUT2D eigenvalue weighted by atomic mass is 10.1. The quantitative estimate of drug-likeness (QED) is 0.755. The van der Waals surface area contributed by atoms with Crippen LogP contribution in [0.1, 0.15) is 25.1 Å². The van der Waals surface area contributed by atoms with Gasteiger partial charge in [0.1, 0.15) is 12.3 Å². The monoisotopic (exact) mass is 315 g/mol. The molecule has 23 heavy (non-hydrogen) atoms. The molecule has 0 bridgehead atoms. The van der Waals surface area contributed by atoms with Gasteiger partial charge in [-0.3, -0.25) is 0 Å². The molecule has 0 spiro atoms. The molecule has 2 heterocycles. The van der Waals surface area contributed by atoms with Crippen LogP contribution in [0, 0.1) is 0 Å².